The maximum atomic E-state index is 12.1. The van der Waals surface area contributed by atoms with Gasteiger partial charge in [0.25, 0.3) is 5.91 Å². The summed E-state index contributed by atoms with van der Waals surface area (Å²) in [6, 6.07) is 9.30. The van der Waals surface area contributed by atoms with Crippen LogP contribution >= 0.6 is 22.9 Å². The highest BCUT2D eigenvalue weighted by molar-refractivity contribution is 7.91. The zero-order chi connectivity index (χ0) is 15.6. The van der Waals surface area contributed by atoms with Gasteiger partial charge < -0.3 is 5.32 Å². The van der Waals surface area contributed by atoms with Crippen LogP contribution in [0, 0.1) is 0 Å². The molecule has 0 fully saturated rings. The third-order valence-corrected chi connectivity index (χ3v) is 5.69. The van der Waals surface area contributed by atoms with E-state index in [-0.39, 0.29) is 16.2 Å². The monoisotopic (exact) mass is 344 g/mol. The van der Waals surface area contributed by atoms with E-state index >= 15 is 0 Å². The Morgan fingerprint density at radius 3 is 2.62 bits per heavy atom. The number of nitrogens with two attached hydrogens (primary N) is 1. The minimum absolute atomic E-state index is 0.0707. The fourth-order valence-corrected chi connectivity index (χ4v) is 3.64. The largest absolute Gasteiger partial charge is 0.345 e. The van der Waals surface area contributed by atoms with Gasteiger partial charge in [-0.2, -0.15) is 0 Å². The number of hydrogen-bond acceptors (Lipinski definition) is 4. The lowest BCUT2D eigenvalue weighted by Gasteiger charge is -2.12. The molecule has 5 nitrogen and oxygen atoms in total. The molecule has 0 saturated heterocycles. The van der Waals surface area contributed by atoms with E-state index in [1.807, 2.05) is 0 Å². The van der Waals surface area contributed by atoms with E-state index in [1.54, 1.807) is 37.3 Å². The van der Waals surface area contributed by atoms with Crippen LogP contribution in [0.3, 0.4) is 0 Å². The molecule has 2 rings (SSSR count). The number of rotatable bonds is 4. The molecular weight excluding hydrogens is 332 g/mol. The first kappa shape index (κ1) is 16.0. The molecule has 21 heavy (non-hydrogen) atoms. The van der Waals surface area contributed by atoms with Crippen LogP contribution in [0.15, 0.2) is 40.6 Å². The number of nitrogens with one attached hydrogen (secondary N) is 1. The van der Waals surface area contributed by atoms with Crippen molar-refractivity contribution >= 4 is 38.9 Å². The average molecular weight is 345 g/mol. The Morgan fingerprint density at radius 2 is 2.05 bits per heavy atom. The summed E-state index contributed by atoms with van der Waals surface area (Å²) < 4.78 is 22.5. The van der Waals surface area contributed by atoms with Crippen LogP contribution in [0.2, 0.25) is 5.02 Å². The van der Waals surface area contributed by atoms with Gasteiger partial charge in [0.2, 0.25) is 10.0 Å². The van der Waals surface area contributed by atoms with Crippen molar-refractivity contribution in [3.63, 3.8) is 0 Å². The Labute approximate surface area is 131 Å². The molecule has 0 aliphatic rings. The Bertz CT molecular complexity index is 771. The van der Waals surface area contributed by atoms with Gasteiger partial charge in [0.1, 0.15) is 4.21 Å². The van der Waals surface area contributed by atoms with E-state index in [4.69, 9.17) is 16.7 Å². The number of carbonyl (C=O) groups excluding carboxylic acids is 1. The van der Waals surface area contributed by atoms with E-state index < -0.39 is 10.0 Å². The van der Waals surface area contributed by atoms with Crippen molar-refractivity contribution in [1.82, 2.24) is 5.32 Å². The van der Waals surface area contributed by atoms with Crippen LogP contribution in [-0.2, 0) is 10.0 Å². The second-order valence-electron chi connectivity index (χ2n) is 4.41. The molecule has 1 aromatic heterocycles. The Balaban J connectivity index is 2.13. The van der Waals surface area contributed by atoms with Crippen LogP contribution in [-0.4, -0.2) is 14.3 Å². The molecule has 0 aliphatic carbocycles. The Morgan fingerprint density at radius 1 is 1.33 bits per heavy atom. The van der Waals surface area contributed by atoms with Gasteiger partial charge in [0, 0.05) is 15.5 Å². The smallest absolute Gasteiger partial charge is 0.251 e. The summed E-state index contributed by atoms with van der Waals surface area (Å²) in [5, 5.41) is 8.32. The van der Waals surface area contributed by atoms with Crippen LogP contribution < -0.4 is 10.5 Å². The summed E-state index contributed by atoms with van der Waals surface area (Å²) >= 11 is 6.87. The van der Waals surface area contributed by atoms with E-state index in [0.717, 1.165) is 11.3 Å². The molecule has 1 atom stereocenters. The lowest BCUT2D eigenvalue weighted by Crippen LogP contribution is -2.26. The van der Waals surface area contributed by atoms with Gasteiger partial charge >= 0.3 is 0 Å². The highest BCUT2D eigenvalue weighted by Gasteiger charge is 2.17. The van der Waals surface area contributed by atoms with Gasteiger partial charge in [-0.1, -0.05) is 17.7 Å². The van der Waals surface area contributed by atoms with Gasteiger partial charge in [-0.15, -0.1) is 11.3 Å². The highest BCUT2D eigenvalue weighted by atomic mass is 35.5. The summed E-state index contributed by atoms with van der Waals surface area (Å²) in [5.41, 5.74) is 0.442. The van der Waals surface area contributed by atoms with Crippen molar-refractivity contribution in [3.8, 4) is 0 Å². The summed E-state index contributed by atoms with van der Waals surface area (Å²) in [4.78, 5) is 12.8. The number of amides is 1. The molecule has 0 bridgehead atoms. The second kappa shape index (κ2) is 6.15. The molecule has 8 heteroatoms. The molecule has 112 valence electrons. The number of benzene rings is 1. The third kappa shape index (κ3) is 4.04. The second-order valence-corrected chi connectivity index (χ2v) is 7.75. The quantitative estimate of drug-likeness (QED) is 0.893. The molecule has 3 N–H and O–H groups in total. The lowest BCUT2D eigenvalue weighted by molar-refractivity contribution is 0.0940. The zero-order valence-electron chi connectivity index (χ0n) is 11.0. The number of halogens is 1. The summed E-state index contributed by atoms with van der Waals surface area (Å²) in [6.45, 7) is 1.77. The fourth-order valence-electron chi connectivity index (χ4n) is 1.70. The zero-order valence-corrected chi connectivity index (χ0v) is 13.4. The topological polar surface area (TPSA) is 89.3 Å². The Kier molecular flexibility index (Phi) is 4.67. The van der Waals surface area contributed by atoms with E-state index in [2.05, 4.69) is 5.32 Å². The van der Waals surface area contributed by atoms with Crippen LogP contribution in [0.5, 0.6) is 0 Å². The third-order valence-electron chi connectivity index (χ3n) is 2.74. The molecule has 1 heterocycles. The van der Waals surface area contributed by atoms with Gasteiger partial charge in [-0.25, -0.2) is 13.6 Å². The van der Waals surface area contributed by atoms with Crippen molar-refractivity contribution in [3.05, 3.63) is 51.9 Å². The van der Waals surface area contributed by atoms with E-state index in [1.165, 1.54) is 6.07 Å². The lowest BCUT2D eigenvalue weighted by atomic mass is 10.2. The van der Waals surface area contributed by atoms with Crippen molar-refractivity contribution in [2.24, 2.45) is 5.14 Å². The molecular formula is C13H13ClN2O3S2. The van der Waals surface area contributed by atoms with Gasteiger partial charge in [0.05, 0.1) is 6.04 Å². The highest BCUT2D eigenvalue weighted by Crippen LogP contribution is 2.26. The SMILES string of the molecule is CC(NC(=O)c1cccc(Cl)c1)c1ccc(S(N)(=O)=O)s1. The Hall–Kier alpha value is -1.41. The van der Waals surface area contributed by atoms with Crippen LogP contribution in [0.4, 0.5) is 0 Å². The first-order valence-corrected chi connectivity index (χ1v) is 8.70. The predicted molar refractivity (Wildman–Crippen MR) is 83.0 cm³/mol. The molecule has 2 aromatic rings. The normalized spacial score (nSPS) is 12.9. The summed E-state index contributed by atoms with van der Waals surface area (Å²) in [5.74, 6) is -0.282. The first-order chi connectivity index (χ1) is 9.77. The van der Waals surface area contributed by atoms with Gasteiger partial charge in [-0.3, -0.25) is 4.79 Å². The van der Waals surface area contributed by atoms with Gasteiger partial charge in [-0.05, 0) is 37.3 Å². The molecule has 0 aliphatic heterocycles. The van der Waals surface area contributed by atoms with Gasteiger partial charge in [0.15, 0.2) is 0 Å². The molecule has 1 aromatic carbocycles. The van der Waals surface area contributed by atoms with Crippen LogP contribution in [0.1, 0.15) is 28.2 Å². The summed E-state index contributed by atoms with van der Waals surface area (Å²) in [6.07, 6.45) is 0. The molecule has 0 saturated carbocycles. The van der Waals surface area contributed by atoms with Crippen LogP contribution in [0.25, 0.3) is 0 Å². The minimum Gasteiger partial charge on any atom is -0.345 e. The molecule has 0 spiro atoms. The number of hydrogen-bond donors (Lipinski definition) is 2. The number of carbonyl (C=O) groups is 1. The first-order valence-electron chi connectivity index (χ1n) is 5.96. The molecule has 1 amide bonds. The maximum absolute atomic E-state index is 12.1. The van der Waals surface area contributed by atoms with E-state index in [0.29, 0.717) is 15.5 Å². The standard InChI is InChI=1S/C13H13ClN2O3S2/c1-8(11-5-6-12(20-11)21(15,18)19)16-13(17)9-3-2-4-10(14)7-9/h2-8H,1H3,(H,16,17)(H2,15,18,19). The number of thiophene rings is 1. The molecule has 0 radical (unpaired) electrons. The van der Waals surface area contributed by atoms with Crippen molar-refractivity contribution in [2.45, 2.75) is 17.2 Å². The number of primary sulfonamides is 1. The van der Waals surface area contributed by atoms with Crippen molar-refractivity contribution in [2.75, 3.05) is 0 Å². The fraction of sp³-hybridized carbons (Fsp3) is 0.154. The van der Waals surface area contributed by atoms with Crippen molar-refractivity contribution < 1.29 is 13.2 Å². The maximum Gasteiger partial charge on any atom is 0.251 e. The minimum atomic E-state index is -3.71. The van der Waals surface area contributed by atoms with Crippen molar-refractivity contribution in [1.29, 1.82) is 0 Å². The molecule has 1 unspecified atom stereocenters. The summed E-state index contributed by atoms with van der Waals surface area (Å²) in [7, 11) is -3.71. The van der Waals surface area contributed by atoms with E-state index in [9.17, 15) is 13.2 Å². The number of sulfonamides is 1. The predicted octanol–water partition coefficient (Wildman–Crippen LogP) is 2.54. The average Bonchev–Trinajstić information content (AvgIpc) is 2.88.